The van der Waals surface area contributed by atoms with Gasteiger partial charge < -0.3 is 0 Å². The summed E-state index contributed by atoms with van der Waals surface area (Å²) in [6, 6.07) is 2.11. The van der Waals surface area contributed by atoms with E-state index in [9.17, 15) is 4.21 Å². The van der Waals surface area contributed by atoms with Crippen LogP contribution in [0.15, 0.2) is 0 Å². The summed E-state index contributed by atoms with van der Waals surface area (Å²) < 4.78 is 12.2. The third kappa shape index (κ3) is 1.46. The maximum atomic E-state index is 12.2. The third-order valence-corrected chi connectivity index (χ3v) is 7.40. The van der Waals surface area contributed by atoms with Crippen LogP contribution in [0.5, 0.6) is 0 Å². The molecule has 2 fully saturated rings. The predicted octanol–water partition coefficient (Wildman–Crippen LogP) is 2.86. The van der Waals surface area contributed by atoms with Crippen molar-refractivity contribution < 1.29 is 4.21 Å². The molecular weight excluding hydrogens is 218 g/mol. The molecule has 0 unspecified atom stereocenters. The van der Waals surface area contributed by atoms with E-state index in [1.807, 2.05) is 0 Å². The van der Waals surface area contributed by atoms with Crippen LogP contribution in [0.25, 0.3) is 0 Å². The molecule has 0 aromatic heterocycles. The lowest BCUT2D eigenvalue weighted by molar-refractivity contribution is 0.155. The average Bonchev–Trinajstić information content (AvgIpc) is 2.57. The van der Waals surface area contributed by atoms with Gasteiger partial charge in [-0.25, -0.2) is 0 Å². The largest absolute Gasteiger partial charge is 0.259 e. The van der Waals surface area contributed by atoms with Gasteiger partial charge in [-0.3, -0.25) is 4.21 Å². The SMILES string of the molecule is CC1(C)[C@H]2CC[C@]1(C)[C@@H]([S@@](=O)CCC#N)C2. The normalized spacial score (nSPS) is 41.9. The molecule has 0 heterocycles. The number of rotatable bonds is 3. The summed E-state index contributed by atoms with van der Waals surface area (Å²) >= 11 is 0. The Kier molecular flexibility index (Phi) is 2.90. The lowest BCUT2D eigenvalue weighted by Gasteiger charge is -2.38. The van der Waals surface area contributed by atoms with E-state index in [0.717, 1.165) is 12.3 Å². The van der Waals surface area contributed by atoms with Crippen molar-refractivity contribution in [2.24, 2.45) is 16.7 Å². The molecule has 2 bridgehead atoms. The monoisotopic (exact) mass is 239 g/mol. The van der Waals surface area contributed by atoms with Crippen LogP contribution in [0.4, 0.5) is 0 Å². The zero-order valence-electron chi connectivity index (χ0n) is 10.5. The van der Waals surface area contributed by atoms with Crippen molar-refractivity contribution in [2.45, 2.75) is 51.7 Å². The van der Waals surface area contributed by atoms with Crippen molar-refractivity contribution in [3.05, 3.63) is 0 Å². The van der Waals surface area contributed by atoms with Gasteiger partial charge in [0.05, 0.1) is 6.07 Å². The van der Waals surface area contributed by atoms with E-state index >= 15 is 0 Å². The second kappa shape index (κ2) is 3.84. The second-order valence-corrected chi connectivity index (χ2v) is 7.83. The maximum Gasteiger partial charge on any atom is 0.0631 e. The van der Waals surface area contributed by atoms with Crippen LogP contribution in [-0.4, -0.2) is 15.2 Å². The number of nitriles is 1. The summed E-state index contributed by atoms with van der Waals surface area (Å²) in [5.74, 6) is 1.31. The van der Waals surface area contributed by atoms with Gasteiger partial charge >= 0.3 is 0 Å². The van der Waals surface area contributed by atoms with E-state index in [1.54, 1.807) is 0 Å². The first-order chi connectivity index (χ1) is 7.43. The highest BCUT2D eigenvalue weighted by Crippen LogP contribution is 2.66. The number of nitrogens with zero attached hydrogens (tertiary/aromatic N) is 1. The molecule has 2 rings (SSSR count). The Hall–Kier alpha value is -0.360. The summed E-state index contributed by atoms with van der Waals surface area (Å²) in [7, 11) is -0.803. The average molecular weight is 239 g/mol. The minimum atomic E-state index is -0.803. The Bertz CT molecular complexity index is 357. The Morgan fingerprint density at radius 2 is 2.12 bits per heavy atom. The van der Waals surface area contributed by atoms with E-state index in [0.29, 0.717) is 22.8 Å². The van der Waals surface area contributed by atoms with E-state index in [2.05, 4.69) is 26.8 Å². The molecule has 2 saturated carbocycles. The summed E-state index contributed by atoms with van der Waals surface area (Å²) in [4.78, 5) is 0. The van der Waals surface area contributed by atoms with Gasteiger partial charge in [-0.1, -0.05) is 20.8 Å². The Morgan fingerprint density at radius 3 is 2.56 bits per heavy atom. The van der Waals surface area contributed by atoms with Crippen molar-refractivity contribution in [1.82, 2.24) is 0 Å². The summed E-state index contributed by atoms with van der Waals surface area (Å²) in [5.41, 5.74) is 0.567. The molecule has 0 amide bonds. The molecular formula is C13H21NOS. The van der Waals surface area contributed by atoms with Crippen molar-refractivity contribution in [3.63, 3.8) is 0 Å². The van der Waals surface area contributed by atoms with Gasteiger partial charge in [-0.05, 0) is 36.0 Å². The third-order valence-electron chi connectivity index (χ3n) is 5.45. The van der Waals surface area contributed by atoms with Crippen LogP contribution in [-0.2, 0) is 10.8 Å². The first-order valence-electron chi connectivity index (χ1n) is 6.17. The molecule has 0 radical (unpaired) electrons. The Labute approximate surface area is 101 Å². The fourth-order valence-electron chi connectivity index (χ4n) is 3.82. The minimum Gasteiger partial charge on any atom is -0.259 e. The van der Waals surface area contributed by atoms with Gasteiger partial charge in [0, 0.05) is 28.2 Å². The molecule has 2 aliphatic carbocycles. The Morgan fingerprint density at radius 1 is 1.44 bits per heavy atom. The van der Waals surface area contributed by atoms with Crippen molar-refractivity contribution in [3.8, 4) is 6.07 Å². The molecule has 3 heteroatoms. The molecule has 2 nitrogen and oxygen atoms in total. The maximum absolute atomic E-state index is 12.2. The lowest BCUT2D eigenvalue weighted by Crippen LogP contribution is -2.38. The van der Waals surface area contributed by atoms with Crippen molar-refractivity contribution in [1.29, 1.82) is 5.26 Å². The molecule has 0 spiro atoms. The topological polar surface area (TPSA) is 40.9 Å². The smallest absolute Gasteiger partial charge is 0.0631 e. The highest BCUT2D eigenvalue weighted by molar-refractivity contribution is 7.85. The molecule has 0 aliphatic heterocycles. The van der Waals surface area contributed by atoms with Gasteiger partial charge in [0.1, 0.15) is 0 Å². The van der Waals surface area contributed by atoms with Crippen LogP contribution in [0.3, 0.4) is 0 Å². The standard InChI is InChI=1S/C13H21NOS/c1-12(2)10-5-6-13(12,3)11(9-10)16(15)8-4-7-14/h10-11H,4-6,8-9H2,1-3H3/t10-,11-,13+,16-/m0/s1. The zero-order valence-corrected chi connectivity index (χ0v) is 11.3. The lowest BCUT2D eigenvalue weighted by atomic mass is 9.71. The van der Waals surface area contributed by atoms with Gasteiger partial charge in [-0.15, -0.1) is 0 Å². The Balaban J connectivity index is 2.16. The zero-order chi connectivity index (χ0) is 12.0. The van der Waals surface area contributed by atoms with Crippen LogP contribution in [0.1, 0.15) is 46.5 Å². The van der Waals surface area contributed by atoms with E-state index in [1.165, 1.54) is 12.8 Å². The van der Waals surface area contributed by atoms with E-state index < -0.39 is 10.8 Å². The van der Waals surface area contributed by atoms with Gasteiger partial charge in [0.2, 0.25) is 0 Å². The molecule has 90 valence electrons. The highest BCUT2D eigenvalue weighted by atomic mass is 32.2. The van der Waals surface area contributed by atoms with Crippen molar-refractivity contribution >= 4 is 10.8 Å². The van der Waals surface area contributed by atoms with E-state index in [-0.39, 0.29) is 5.41 Å². The fourth-order valence-corrected chi connectivity index (χ4v) is 5.84. The number of hydrogen-bond donors (Lipinski definition) is 0. The van der Waals surface area contributed by atoms with Gasteiger partial charge in [0.15, 0.2) is 0 Å². The first-order valence-corrected chi connectivity index (χ1v) is 7.56. The van der Waals surface area contributed by atoms with Crippen molar-refractivity contribution in [2.75, 3.05) is 5.75 Å². The number of hydrogen-bond acceptors (Lipinski definition) is 2. The molecule has 16 heavy (non-hydrogen) atoms. The molecule has 0 saturated heterocycles. The van der Waals surface area contributed by atoms with Crippen LogP contribution >= 0.6 is 0 Å². The highest BCUT2D eigenvalue weighted by Gasteiger charge is 2.62. The predicted molar refractivity (Wildman–Crippen MR) is 66.3 cm³/mol. The molecule has 2 aliphatic rings. The first kappa shape index (κ1) is 12.1. The molecule has 0 N–H and O–H groups in total. The summed E-state index contributed by atoms with van der Waals surface area (Å²) in [6.45, 7) is 6.99. The quantitative estimate of drug-likeness (QED) is 0.760. The van der Waals surface area contributed by atoms with Crippen LogP contribution in [0.2, 0.25) is 0 Å². The molecule has 0 aromatic rings. The fraction of sp³-hybridized carbons (Fsp3) is 0.923. The van der Waals surface area contributed by atoms with E-state index in [4.69, 9.17) is 5.26 Å². The minimum absolute atomic E-state index is 0.234. The van der Waals surface area contributed by atoms with Crippen LogP contribution in [0, 0.1) is 28.1 Å². The molecule has 4 atom stereocenters. The number of fused-ring (bicyclic) bond motifs is 2. The van der Waals surface area contributed by atoms with Gasteiger partial charge in [0.25, 0.3) is 0 Å². The summed E-state index contributed by atoms with van der Waals surface area (Å²) in [5, 5.41) is 8.90. The van der Waals surface area contributed by atoms with Gasteiger partial charge in [-0.2, -0.15) is 5.26 Å². The summed E-state index contributed by atoms with van der Waals surface area (Å²) in [6.07, 6.45) is 4.06. The second-order valence-electron chi connectivity index (χ2n) is 6.09. The molecule has 0 aromatic carbocycles. The van der Waals surface area contributed by atoms with Crippen LogP contribution < -0.4 is 0 Å².